The minimum absolute atomic E-state index is 0.227. The van der Waals surface area contributed by atoms with E-state index in [9.17, 15) is 4.79 Å². The van der Waals surface area contributed by atoms with Crippen LogP contribution < -0.4 is 0 Å². The van der Waals surface area contributed by atoms with Gasteiger partial charge in [0.1, 0.15) is 10.7 Å². The van der Waals surface area contributed by atoms with Crippen LogP contribution in [0.2, 0.25) is 0 Å². The van der Waals surface area contributed by atoms with Crippen LogP contribution in [0.25, 0.3) is 0 Å². The maximum absolute atomic E-state index is 13.0. The fourth-order valence-electron chi connectivity index (χ4n) is 4.70. The molecule has 26 heavy (non-hydrogen) atoms. The number of hydrogen-bond acceptors (Lipinski definition) is 4. The Hall–Kier alpha value is -1.66. The molecule has 1 saturated heterocycles. The standard InChI is InChI=1S/C20H26N4OS/c1-22(14-18-21-8-12-26-18)17-13-20(17)6-10-23(11-7-20)19(25)16-3-2-9-24(16)15-4-5-15/h2-3,8-9,12,15,17H,4-7,10-11,13-14H2,1H3/t17-/m0/s1. The maximum atomic E-state index is 13.0. The SMILES string of the molecule is CN(Cc1nccs1)[C@H]1CC12CCN(C(=O)c1cccn1C1CC1)CC2. The lowest BCUT2D eigenvalue weighted by molar-refractivity contribution is 0.0646. The average molecular weight is 371 g/mol. The van der Waals surface area contributed by atoms with Crippen molar-refractivity contribution in [3.05, 3.63) is 40.6 Å². The number of amides is 1. The molecule has 1 spiro atoms. The van der Waals surface area contributed by atoms with Crippen LogP contribution in [-0.4, -0.2) is 51.4 Å². The van der Waals surface area contributed by atoms with Crippen molar-refractivity contribution in [2.45, 2.75) is 50.7 Å². The third kappa shape index (κ3) is 2.89. The number of aromatic nitrogens is 2. The van der Waals surface area contributed by atoms with E-state index in [-0.39, 0.29) is 5.91 Å². The highest BCUT2D eigenvalue weighted by atomic mass is 32.1. The van der Waals surface area contributed by atoms with Crippen LogP contribution in [0.15, 0.2) is 29.9 Å². The summed E-state index contributed by atoms with van der Waals surface area (Å²) in [6.07, 6.45) is 9.93. The van der Waals surface area contributed by atoms with E-state index in [2.05, 4.69) is 32.6 Å². The Kier molecular flexibility index (Phi) is 3.94. The highest BCUT2D eigenvalue weighted by molar-refractivity contribution is 7.09. The Morgan fingerprint density at radius 3 is 2.88 bits per heavy atom. The van der Waals surface area contributed by atoms with Crippen molar-refractivity contribution in [1.82, 2.24) is 19.4 Å². The fourth-order valence-corrected chi connectivity index (χ4v) is 5.38. The maximum Gasteiger partial charge on any atom is 0.270 e. The molecule has 2 aromatic rings. The second-order valence-electron chi connectivity index (χ2n) is 8.25. The monoisotopic (exact) mass is 370 g/mol. The van der Waals surface area contributed by atoms with Gasteiger partial charge in [0.15, 0.2) is 0 Å². The molecule has 2 aromatic heterocycles. The van der Waals surface area contributed by atoms with Crippen molar-refractivity contribution in [1.29, 1.82) is 0 Å². The summed E-state index contributed by atoms with van der Waals surface area (Å²) in [7, 11) is 2.22. The number of thiazole rings is 1. The van der Waals surface area contributed by atoms with E-state index in [4.69, 9.17) is 0 Å². The third-order valence-corrected chi connectivity index (χ3v) is 7.30. The minimum Gasteiger partial charge on any atom is -0.340 e. The molecule has 0 unspecified atom stereocenters. The normalized spacial score (nSPS) is 24.4. The van der Waals surface area contributed by atoms with Crippen molar-refractivity contribution in [2.75, 3.05) is 20.1 Å². The predicted octanol–water partition coefficient (Wildman–Crippen LogP) is 3.41. The van der Waals surface area contributed by atoms with Crippen molar-refractivity contribution >= 4 is 17.2 Å². The average Bonchev–Trinajstić information content (AvgIpc) is 3.49. The Labute approximate surface area is 158 Å². The number of likely N-dealkylation sites (tertiary alicyclic amines) is 1. The van der Waals surface area contributed by atoms with E-state index < -0.39 is 0 Å². The number of hydrogen-bond donors (Lipinski definition) is 0. The number of carbonyl (C=O) groups is 1. The highest BCUT2D eigenvalue weighted by Gasteiger charge is 2.57. The summed E-state index contributed by atoms with van der Waals surface area (Å²) >= 11 is 1.73. The van der Waals surface area contributed by atoms with Crippen molar-refractivity contribution in [3.63, 3.8) is 0 Å². The molecule has 0 aromatic carbocycles. The van der Waals surface area contributed by atoms with E-state index >= 15 is 0 Å². The Morgan fingerprint density at radius 1 is 1.38 bits per heavy atom. The van der Waals surface area contributed by atoms with Crippen LogP contribution in [0.1, 0.15) is 53.6 Å². The van der Waals surface area contributed by atoms with Gasteiger partial charge in [-0.15, -0.1) is 11.3 Å². The van der Waals surface area contributed by atoms with E-state index in [0.29, 0.717) is 17.5 Å². The molecule has 3 aliphatic rings. The zero-order chi connectivity index (χ0) is 17.7. The highest BCUT2D eigenvalue weighted by Crippen LogP contribution is 2.56. The fraction of sp³-hybridized carbons (Fsp3) is 0.600. The predicted molar refractivity (Wildman–Crippen MR) is 102 cm³/mol. The van der Waals surface area contributed by atoms with Crippen molar-refractivity contribution in [2.24, 2.45) is 5.41 Å². The first kappa shape index (κ1) is 16.5. The molecule has 3 fully saturated rings. The van der Waals surface area contributed by atoms with Gasteiger partial charge in [-0.05, 0) is 56.7 Å². The van der Waals surface area contributed by atoms with Crippen LogP contribution in [0.3, 0.4) is 0 Å². The smallest absolute Gasteiger partial charge is 0.270 e. The lowest BCUT2D eigenvalue weighted by Crippen LogP contribution is -2.41. The molecule has 1 aliphatic heterocycles. The third-order valence-electron chi connectivity index (χ3n) is 6.53. The van der Waals surface area contributed by atoms with Crippen LogP contribution in [-0.2, 0) is 6.54 Å². The molecule has 5 nitrogen and oxygen atoms in total. The van der Waals surface area contributed by atoms with E-state index in [1.54, 1.807) is 11.3 Å². The van der Waals surface area contributed by atoms with Crippen LogP contribution in [0, 0.1) is 5.41 Å². The topological polar surface area (TPSA) is 41.4 Å². The van der Waals surface area contributed by atoms with Gasteiger partial charge < -0.3 is 9.47 Å². The van der Waals surface area contributed by atoms with Crippen LogP contribution in [0.5, 0.6) is 0 Å². The molecular weight excluding hydrogens is 344 g/mol. The van der Waals surface area contributed by atoms with Gasteiger partial charge in [-0.25, -0.2) is 4.98 Å². The zero-order valence-corrected chi connectivity index (χ0v) is 16.1. The summed E-state index contributed by atoms with van der Waals surface area (Å²) < 4.78 is 2.19. The molecule has 6 heteroatoms. The van der Waals surface area contributed by atoms with Gasteiger partial charge in [0.05, 0.1) is 6.54 Å². The van der Waals surface area contributed by atoms with Gasteiger partial charge in [0, 0.05) is 42.9 Å². The molecule has 1 atom stereocenters. The van der Waals surface area contributed by atoms with E-state index in [1.807, 2.05) is 23.7 Å². The Morgan fingerprint density at radius 2 is 2.19 bits per heavy atom. The van der Waals surface area contributed by atoms with E-state index in [1.165, 1.54) is 24.3 Å². The van der Waals surface area contributed by atoms with Gasteiger partial charge in [0.2, 0.25) is 0 Å². The summed E-state index contributed by atoms with van der Waals surface area (Å²) in [6.45, 7) is 2.74. The first-order valence-corrected chi connectivity index (χ1v) is 10.6. The molecule has 2 saturated carbocycles. The largest absolute Gasteiger partial charge is 0.340 e. The number of nitrogens with zero attached hydrogens (tertiary/aromatic N) is 4. The second kappa shape index (κ2) is 6.20. The Balaban J connectivity index is 1.19. The van der Waals surface area contributed by atoms with Crippen LogP contribution in [0.4, 0.5) is 0 Å². The van der Waals surface area contributed by atoms with E-state index in [0.717, 1.165) is 38.2 Å². The molecule has 0 N–H and O–H groups in total. The lowest BCUT2D eigenvalue weighted by Gasteiger charge is -2.34. The summed E-state index contributed by atoms with van der Waals surface area (Å²) in [6, 6.07) is 5.22. The summed E-state index contributed by atoms with van der Waals surface area (Å²) in [4.78, 5) is 21.9. The molecule has 5 rings (SSSR count). The van der Waals surface area contributed by atoms with Crippen molar-refractivity contribution in [3.8, 4) is 0 Å². The van der Waals surface area contributed by atoms with Crippen molar-refractivity contribution < 1.29 is 4.79 Å². The number of carbonyl (C=O) groups excluding carboxylic acids is 1. The molecule has 0 radical (unpaired) electrons. The van der Waals surface area contributed by atoms with Gasteiger partial charge in [-0.3, -0.25) is 9.69 Å². The van der Waals surface area contributed by atoms with Crippen LogP contribution >= 0.6 is 11.3 Å². The molecule has 3 heterocycles. The first-order valence-electron chi connectivity index (χ1n) is 9.71. The molecular formula is C20H26N4OS. The minimum atomic E-state index is 0.227. The summed E-state index contributed by atoms with van der Waals surface area (Å²) in [5.74, 6) is 0.227. The number of rotatable bonds is 5. The Bertz CT molecular complexity index is 787. The van der Waals surface area contributed by atoms with Gasteiger partial charge >= 0.3 is 0 Å². The molecule has 1 amide bonds. The zero-order valence-electron chi connectivity index (χ0n) is 15.3. The summed E-state index contributed by atoms with van der Waals surface area (Å²) in [5, 5.41) is 3.25. The quantitative estimate of drug-likeness (QED) is 0.810. The first-order chi connectivity index (χ1) is 12.7. The molecule has 138 valence electrons. The summed E-state index contributed by atoms with van der Waals surface area (Å²) in [5.41, 5.74) is 1.32. The molecule has 0 bridgehead atoms. The second-order valence-corrected chi connectivity index (χ2v) is 9.23. The molecule has 2 aliphatic carbocycles. The lowest BCUT2D eigenvalue weighted by atomic mass is 9.92. The van der Waals surface area contributed by atoms with Gasteiger partial charge in [-0.1, -0.05) is 0 Å². The van der Waals surface area contributed by atoms with Gasteiger partial charge in [-0.2, -0.15) is 0 Å². The number of piperidine rings is 1. The van der Waals surface area contributed by atoms with Gasteiger partial charge in [0.25, 0.3) is 5.91 Å².